The van der Waals surface area contributed by atoms with Gasteiger partial charge in [0.2, 0.25) is 0 Å². The molecule has 2 aliphatic rings. The zero-order chi connectivity index (χ0) is 38.3. The first-order chi connectivity index (χ1) is 24.0. The van der Waals surface area contributed by atoms with Crippen LogP contribution in [0.4, 0.5) is 0 Å². The molecular weight excluding hydrogens is 886 g/mol. The van der Waals surface area contributed by atoms with E-state index in [1.54, 1.807) is 0 Å². The predicted molar refractivity (Wildman–Crippen MR) is 184 cm³/mol. The van der Waals surface area contributed by atoms with Crippen molar-refractivity contribution in [2.45, 2.75) is 176 Å². The molecule has 0 spiro atoms. The van der Waals surface area contributed by atoms with Gasteiger partial charge in [0, 0.05) is 0 Å². The van der Waals surface area contributed by atoms with Crippen molar-refractivity contribution < 1.29 is 62.5 Å². The van der Waals surface area contributed by atoms with Crippen LogP contribution in [0.5, 0.6) is 0 Å². The number of unbranched alkanes of at least 4 members (excludes halogenated alkanes) is 10. The quantitative estimate of drug-likeness (QED) is 0.101. The normalized spacial score (nSPS) is 27.9. The molecule has 2 aliphatic heterocycles. The third-order valence-corrected chi connectivity index (χ3v) is 23.8. The number of aliphatic hydroxyl groups is 3. The van der Waals surface area contributed by atoms with Gasteiger partial charge in [0.25, 0.3) is 0 Å². The molecule has 2 fully saturated rings. The average molecular weight is 944 g/mol. The van der Waals surface area contributed by atoms with Gasteiger partial charge in [-0.05, 0) is 0 Å². The topological polar surface area (TPSA) is 218 Å². The Bertz CT molecular complexity index is 1230. The molecule has 2 saturated heterocycles. The van der Waals surface area contributed by atoms with Gasteiger partial charge in [0.05, 0.1) is 0 Å². The first-order valence-corrected chi connectivity index (χ1v) is 29.5. The van der Waals surface area contributed by atoms with Crippen molar-refractivity contribution in [1.29, 1.82) is 0 Å². The SMILES string of the molecule is CCCCCCC[CH2][Sn]1([O]C(=O)CC(O)(CC)C(=O)[O][Sn]2([CH2]CCCCCCC)[O]C(=O)CC(O)(CC)C(=O)[O]2)[O]C(=O)CC(O)(CC)C(=O)[O]1. The Labute approximate surface area is 311 Å². The minimum atomic E-state index is -5.57. The second-order valence-electron chi connectivity index (χ2n) is 13.7. The van der Waals surface area contributed by atoms with Gasteiger partial charge in [0.15, 0.2) is 0 Å². The molecule has 292 valence electrons. The Morgan fingerprint density at radius 3 is 1.43 bits per heavy atom. The molecule has 2 heterocycles. The fourth-order valence-corrected chi connectivity index (χ4v) is 19.7. The second-order valence-corrected chi connectivity index (χ2v) is 27.8. The molecule has 0 bridgehead atoms. The van der Waals surface area contributed by atoms with Gasteiger partial charge in [-0.25, -0.2) is 0 Å². The average Bonchev–Trinajstić information content (AvgIpc) is 3.22. The van der Waals surface area contributed by atoms with E-state index in [-0.39, 0.29) is 21.7 Å². The van der Waals surface area contributed by atoms with E-state index in [4.69, 9.17) is 18.4 Å². The molecule has 17 heteroatoms. The van der Waals surface area contributed by atoms with Gasteiger partial charge >= 0.3 is 313 Å². The van der Waals surface area contributed by atoms with Crippen LogP contribution in [0.1, 0.15) is 150 Å². The maximum atomic E-state index is 13.7. The molecule has 0 aromatic heterocycles. The zero-order valence-corrected chi connectivity index (χ0v) is 36.6. The van der Waals surface area contributed by atoms with Crippen molar-refractivity contribution in [3.63, 3.8) is 0 Å². The van der Waals surface area contributed by atoms with Crippen LogP contribution in [0, 0.1) is 0 Å². The third kappa shape index (κ3) is 13.3. The summed E-state index contributed by atoms with van der Waals surface area (Å²) in [5.74, 6) is -6.91. The number of hydrogen-bond acceptors (Lipinski definition) is 15. The Balaban J connectivity index is 2.34. The molecule has 51 heavy (non-hydrogen) atoms. The molecule has 0 aromatic rings. The number of hydrogen-bond donors (Lipinski definition) is 3. The minimum absolute atomic E-state index is 0.0666. The molecule has 0 radical (unpaired) electrons. The van der Waals surface area contributed by atoms with Crippen LogP contribution < -0.4 is 0 Å². The summed E-state index contributed by atoms with van der Waals surface area (Å²) in [5.41, 5.74) is -6.96. The van der Waals surface area contributed by atoms with Crippen LogP contribution in [-0.4, -0.2) is 107 Å². The van der Waals surface area contributed by atoms with Crippen molar-refractivity contribution >= 4 is 75.1 Å². The van der Waals surface area contributed by atoms with E-state index in [0.717, 1.165) is 51.4 Å². The Hall–Kier alpha value is -1.70. The van der Waals surface area contributed by atoms with Crippen molar-refractivity contribution in [3.8, 4) is 0 Å². The summed E-state index contributed by atoms with van der Waals surface area (Å²) < 4.78 is 33.4. The van der Waals surface area contributed by atoms with Crippen molar-refractivity contribution in [2.24, 2.45) is 0 Å². The van der Waals surface area contributed by atoms with Gasteiger partial charge < -0.3 is 0 Å². The molecule has 2 rings (SSSR count). The van der Waals surface area contributed by atoms with Crippen molar-refractivity contribution in [3.05, 3.63) is 0 Å². The first-order valence-electron chi connectivity index (χ1n) is 18.5. The van der Waals surface area contributed by atoms with E-state index in [9.17, 15) is 44.1 Å². The van der Waals surface area contributed by atoms with Crippen LogP contribution in [-0.2, 0) is 47.2 Å². The van der Waals surface area contributed by atoms with Crippen LogP contribution in [0.15, 0.2) is 0 Å². The van der Waals surface area contributed by atoms with E-state index < -0.39 is 118 Å². The fraction of sp³-hybridized carbons (Fsp3) is 0.824. The van der Waals surface area contributed by atoms with Crippen molar-refractivity contribution in [2.75, 3.05) is 0 Å². The molecular formula is C34H58O15Sn2. The van der Waals surface area contributed by atoms with Gasteiger partial charge in [0.1, 0.15) is 0 Å². The summed E-state index contributed by atoms with van der Waals surface area (Å²) in [6.45, 7) is 8.48. The summed E-state index contributed by atoms with van der Waals surface area (Å²) in [5, 5.41) is 33.1. The fourth-order valence-electron chi connectivity index (χ4n) is 5.75. The van der Waals surface area contributed by atoms with E-state index in [1.807, 2.05) is 0 Å². The standard InChI is InChI=1S/2C8H17.3C6H10O5.2Sn/c2*1-3-5-7-8-6-4-2;3*1-2-6(11,5(9)10)3-4(7)8;;/h2*1,3-8H2,2H3;3*11H,2-3H2,1H3,(H,7,8)(H,9,10);;/q;;;;;2*+3/p-6. The second kappa shape index (κ2) is 20.7. The summed E-state index contributed by atoms with van der Waals surface area (Å²) in [6, 6.07) is 0. The maximum absolute atomic E-state index is 13.7. The van der Waals surface area contributed by atoms with Crippen LogP contribution in [0.25, 0.3) is 0 Å². The summed E-state index contributed by atoms with van der Waals surface area (Å²) in [7, 11) is 0. The molecule has 0 amide bonds. The molecule has 0 saturated carbocycles. The molecule has 5 unspecified atom stereocenters. The van der Waals surface area contributed by atoms with E-state index >= 15 is 0 Å². The van der Waals surface area contributed by atoms with E-state index in [0.29, 0.717) is 25.7 Å². The summed E-state index contributed by atoms with van der Waals surface area (Å²) in [4.78, 5) is 79.0. The molecule has 3 N–H and O–H groups in total. The van der Waals surface area contributed by atoms with Gasteiger partial charge in [-0.1, -0.05) is 0 Å². The molecule has 5 atom stereocenters. The van der Waals surface area contributed by atoms with Crippen LogP contribution in [0.3, 0.4) is 0 Å². The Morgan fingerprint density at radius 1 is 0.647 bits per heavy atom. The Kier molecular flexibility index (Phi) is 18.4. The summed E-state index contributed by atoms with van der Waals surface area (Å²) in [6.07, 6.45) is 6.49. The first kappa shape index (κ1) is 45.5. The van der Waals surface area contributed by atoms with E-state index in [2.05, 4.69) is 13.8 Å². The van der Waals surface area contributed by atoms with Crippen LogP contribution >= 0.6 is 0 Å². The van der Waals surface area contributed by atoms with Gasteiger partial charge in [-0.15, -0.1) is 0 Å². The molecule has 15 nitrogen and oxygen atoms in total. The van der Waals surface area contributed by atoms with Gasteiger partial charge in [-0.2, -0.15) is 0 Å². The third-order valence-electron chi connectivity index (χ3n) is 9.43. The number of carbonyl (C=O) groups is 6. The number of rotatable bonds is 22. The van der Waals surface area contributed by atoms with Crippen LogP contribution in [0.2, 0.25) is 8.87 Å². The monoisotopic (exact) mass is 946 g/mol. The zero-order valence-electron chi connectivity index (χ0n) is 30.9. The molecule has 0 aliphatic carbocycles. The van der Waals surface area contributed by atoms with Crippen molar-refractivity contribution in [1.82, 2.24) is 0 Å². The Morgan fingerprint density at radius 2 is 1.04 bits per heavy atom. The van der Waals surface area contributed by atoms with Gasteiger partial charge in [-0.3, -0.25) is 0 Å². The van der Waals surface area contributed by atoms with E-state index in [1.165, 1.54) is 20.8 Å². The number of carbonyl (C=O) groups excluding carboxylic acids is 6. The predicted octanol–water partition coefficient (Wildman–Crippen LogP) is 4.47. The molecule has 0 aromatic carbocycles. The summed E-state index contributed by atoms with van der Waals surface area (Å²) >= 11 is -11.1.